The van der Waals surface area contributed by atoms with Gasteiger partial charge in [0.05, 0.1) is 18.4 Å². The van der Waals surface area contributed by atoms with Crippen LogP contribution in [0.15, 0.2) is 42.5 Å². The molecule has 1 heterocycles. The van der Waals surface area contributed by atoms with Crippen molar-refractivity contribution in [3.05, 3.63) is 53.7 Å². The van der Waals surface area contributed by atoms with Gasteiger partial charge < -0.3 is 15.2 Å². The lowest BCUT2D eigenvalue weighted by atomic mass is 10.2. The number of nitrogens with two attached hydrogens (primary N) is 1. The van der Waals surface area contributed by atoms with E-state index in [0.29, 0.717) is 23.8 Å². The van der Waals surface area contributed by atoms with E-state index < -0.39 is 0 Å². The summed E-state index contributed by atoms with van der Waals surface area (Å²) in [6.07, 6.45) is 0. The van der Waals surface area contributed by atoms with Crippen molar-refractivity contribution >= 4 is 5.84 Å². The van der Waals surface area contributed by atoms with E-state index in [9.17, 15) is 0 Å². The van der Waals surface area contributed by atoms with Crippen LogP contribution in [0.1, 0.15) is 11.3 Å². The van der Waals surface area contributed by atoms with E-state index in [1.54, 1.807) is 25.3 Å². The lowest BCUT2D eigenvalue weighted by Crippen LogP contribution is -2.13. The maximum Gasteiger partial charge on any atom is 0.213 e. The normalized spacial score (nSPS) is 9.95. The Morgan fingerprint density at radius 3 is 2.74 bits per heavy atom. The van der Waals surface area contributed by atoms with Gasteiger partial charge in [0.15, 0.2) is 0 Å². The van der Waals surface area contributed by atoms with E-state index in [-0.39, 0.29) is 5.84 Å². The Balaban J connectivity index is 2.12. The number of pyridine rings is 1. The number of ether oxygens (including phenoxy) is 2. The maximum atomic E-state index is 7.49. The Morgan fingerprint density at radius 2 is 2.00 bits per heavy atom. The third-order valence-corrected chi connectivity index (χ3v) is 2.54. The van der Waals surface area contributed by atoms with Crippen molar-refractivity contribution in [1.82, 2.24) is 4.98 Å². The highest BCUT2D eigenvalue weighted by Crippen LogP contribution is 2.18. The monoisotopic (exact) mass is 257 g/mol. The molecular weight excluding hydrogens is 242 g/mol. The topological polar surface area (TPSA) is 81.2 Å². The number of nitrogens with zero attached hydrogens (tertiary/aromatic N) is 1. The van der Waals surface area contributed by atoms with Crippen molar-refractivity contribution in [3.63, 3.8) is 0 Å². The molecule has 19 heavy (non-hydrogen) atoms. The molecule has 0 unspecified atom stereocenters. The molecule has 0 radical (unpaired) electrons. The minimum absolute atomic E-state index is 0.0193. The number of hydrogen-bond acceptors (Lipinski definition) is 4. The zero-order valence-electron chi connectivity index (χ0n) is 10.6. The van der Waals surface area contributed by atoms with Crippen molar-refractivity contribution in [2.75, 3.05) is 7.11 Å². The molecule has 0 atom stereocenters. The van der Waals surface area contributed by atoms with E-state index in [2.05, 4.69) is 4.98 Å². The second kappa shape index (κ2) is 5.86. The third-order valence-electron chi connectivity index (χ3n) is 2.54. The number of rotatable bonds is 5. The van der Waals surface area contributed by atoms with Crippen molar-refractivity contribution in [2.45, 2.75) is 6.61 Å². The summed E-state index contributed by atoms with van der Waals surface area (Å²) in [7, 11) is 1.57. The molecule has 0 spiro atoms. The molecule has 2 rings (SSSR count). The van der Waals surface area contributed by atoms with Crippen LogP contribution in [0.3, 0.4) is 0 Å². The lowest BCUT2D eigenvalue weighted by Gasteiger charge is -2.10. The van der Waals surface area contributed by atoms with Gasteiger partial charge in [-0.1, -0.05) is 18.2 Å². The summed E-state index contributed by atoms with van der Waals surface area (Å²) in [5.41, 5.74) is 6.82. The molecule has 0 fully saturated rings. The summed E-state index contributed by atoms with van der Waals surface area (Å²) < 4.78 is 10.7. The maximum absolute atomic E-state index is 7.49. The van der Waals surface area contributed by atoms with E-state index >= 15 is 0 Å². The van der Waals surface area contributed by atoms with Gasteiger partial charge in [0, 0.05) is 6.07 Å². The van der Waals surface area contributed by atoms with Crippen molar-refractivity contribution in [3.8, 4) is 11.6 Å². The molecule has 0 saturated carbocycles. The SMILES string of the molecule is COc1cccc(COc2ccccc2C(=N)N)n1. The first-order valence-electron chi connectivity index (χ1n) is 5.77. The third kappa shape index (κ3) is 3.22. The van der Waals surface area contributed by atoms with Crippen LogP contribution in [0.25, 0.3) is 0 Å². The van der Waals surface area contributed by atoms with E-state index in [1.165, 1.54) is 0 Å². The van der Waals surface area contributed by atoms with Gasteiger partial charge in [0.2, 0.25) is 5.88 Å². The molecule has 0 bridgehead atoms. The molecule has 0 aliphatic carbocycles. The highest BCUT2D eigenvalue weighted by Gasteiger charge is 2.06. The minimum atomic E-state index is -0.0193. The van der Waals surface area contributed by atoms with Crippen LogP contribution in [-0.4, -0.2) is 17.9 Å². The number of para-hydroxylation sites is 1. The van der Waals surface area contributed by atoms with Crippen molar-refractivity contribution in [2.24, 2.45) is 5.73 Å². The van der Waals surface area contributed by atoms with Crippen LogP contribution in [0.2, 0.25) is 0 Å². The Labute approximate surface area is 111 Å². The number of benzene rings is 1. The molecule has 0 aliphatic rings. The van der Waals surface area contributed by atoms with Crippen molar-refractivity contribution < 1.29 is 9.47 Å². The average Bonchev–Trinajstić information content (AvgIpc) is 2.45. The molecule has 0 saturated heterocycles. The first-order valence-corrected chi connectivity index (χ1v) is 5.77. The second-order valence-electron chi connectivity index (χ2n) is 3.87. The number of hydrogen-bond donors (Lipinski definition) is 2. The second-order valence-corrected chi connectivity index (χ2v) is 3.87. The largest absolute Gasteiger partial charge is 0.487 e. The smallest absolute Gasteiger partial charge is 0.213 e. The fourth-order valence-corrected chi connectivity index (χ4v) is 1.62. The van der Waals surface area contributed by atoms with E-state index in [4.69, 9.17) is 20.6 Å². The van der Waals surface area contributed by atoms with Crippen LogP contribution in [-0.2, 0) is 6.61 Å². The van der Waals surface area contributed by atoms with Crippen LogP contribution in [0, 0.1) is 5.41 Å². The van der Waals surface area contributed by atoms with Crippen LogP contribution in [0.4, 0.5) is 0 Å². The average molecular weight is 257 g/mol. The zero-order valence-corrected chi connectivity index (χ0v) is 10.6. The molecule has 1 aromatic carbocycles. The summed E-state index contributed by atoms with van der Waals surface area (Å²) in [5, 5.41) is 7.49. The molecule has 0 amide bonds. The lowest BCUT2D eigenvalue weighted by molar-refractivity contribution is 0.297. The van der Waals surface area contributed by atoms with Crippen LogP contribution in [0.5, 0.6) is 11.6 Å². The number of nitrogen functional groups attached to an aromatic ring is 1. The number of nitrogens with one attached hydrogen (secondary N) is 1. The molecule has 2 aromatic rings. The fraction of sp³-hybridized carbons (Fsp3) is 0.143. The van der Waals surface area contributed by atoms with Gasteiger partial charge in [0.25, 0.3) is 0 Å². The summed E-state index contributed by atoms with van der Waals surface area (Å²) in [5.74, 6) is 1.09. The molecule has 5 heteroatoms. The first kappa shape index (κ1) is 12.9. The number of aromatic nitrogens is 1. The van der Waals surface area contributed by atoms with Gasteiger partial charge in [-0.15, -0.1) is 0 Å². The predicted octanol–water partition coefficient (Wildman–Crippen LogP) is 1.95. The Bertz CT molecular complexity index is 584. The summed E-state index contributed by atoms with van der Waals surface area (Å²) in [6.45, 7) is 0.293. The summed E-state index contributed by atoms with van der Waals surface area (Å²) in [6, 6.07) is 12.6. The van der Waals surface area contributed by atoms with Gasteiger partial charge in [-0.05, 0) is 18.2 Å². The van der Waals surface area contributed by atoms with Crippen LogP contribution < -0.4 is 15.2 Å². The molecule has 5 nitrogen and oxygen atoms in total. The molecule has 1 aromatic heterocycles. The van der Waals surface area contributed by atoms with E-state index in [1.807, 2.05) is 24.3 Å². The zero-order chi connectivity index (χ0) is 13.7. The van der Waals surface area contributed by atoms with Gasteiger partial charge in [0.1, 0.15) is 18.2 Å². The standard InChI is InChI=1S/C14H15N3O2/c1-18-13-8-4-5-10(17-13)9-19-12-7-3-2-6-11(12)14(15)16/h2-8H,9H2,1H3,(H3,15,16). The molecule has 98 valence electrons. The molecule has 0 aliphatic heterocycles. The van der Waals surface area contributed by atoms with Gasteiger partial charge in [-0.2, -0.15) is 0 Å². The highest BCUT2D eigenvalue weighted by atomic mass is 16.5. The number of amidine groups is 1. The Hall–Kier alpha value is -2.56. The van der Waals surface area contributed by atoms with E-state index in [0.717, 1.165) is 5.69 Å². The summed E-state index contributed by atoms with van der Waals surface area (Å²) >= 11 is 0. The minimum Gasteiger partial charge on any atom is -0.487 e. The van der Waals surface area contributed by atoms with Gasteiger partial charge >= 0.3 is 0 Å². The van der Waals surface area contributed by atoms with Gasteiger partial charge in [-0.3, -0.25) is 5.41 Å². The predicted molar refractivity (Wildman–Crippen MR) is 72.6 cm³/mol. The highest BCUT2D eigenvalue weighted by molar-refractivity contribution is 5.97. The molecule has 3 N–H and O–H groups in total. The van der Waals surface area contributed by atoms with Crippen LogP contribution >= 0.6 is 0 Å². The Kier molecular flexibility index (Phi) is 3.97. The van der Waals surface area contributed by atoms with Gasteiger partial charge in [-0.25, -0.2) is 4.98 Å². The van der Waals surface area contributed by atoms with Crippen molar-refractivity contribution in [1.29, 1.82) is 5.41 Å². The fourth-order valence-electron chi connectivity index (χ4n) is 1.62. The quantitative estimate of drug-likeness (QED) is 0.633. The summed E-state index contributed by atoms with van der Waals surface area (Å²) in [4.78, 5) is 4.25. The molecular formula is C14H15N3O2. The number of methoxy groups -OCH3 is 1. The Morgan fingerprint density at radius 1 is 1.21 bits per heavy atom. The first-order chi connectivity index (χ1) is 9.20.